The summed E-state index contributed by atoms with van der Waals surface area (Å²) in [5, 5.41) is 23.0. The summed E-state index contributed by atoms with van der Waals surface area (Å²) in [4.78, 5) is 13.6. The van der Waals surface area contributed by atoms with Gasteiger partial charge in [0.25, 0.3) is 5.69 Å². The molecule has 0 aliphatic carbocycles. The number of aliphatic hydroxyl groups is 1. The van der Waals surface area contributed by atoms with Gasteiger partial charge in [0.1, 0.15) is 11.6 Å². The highest BCUT2D eigenvalue weighted by atomic mass is 19.1. The molecule has 2 unspecified atom stereocenters. The molecule has 114 valence electrons. The fraction of sp³-hybridized carbons (Fsp3) is 0.154. The molecule has 0 saturated carbocycles. The number of aliphatic hydroxyl groups excluding tert-OH is 1. The normalized spacial score (nSPS) is 19.4. The van der Waals surface area contributed by atoms with Gasteiger partial charge in [0.15, 0.2) is 23.9 Å². The van der Waals surface area contributed by atoms with E-state index in [4.69, 9.17) is 4.74 Å². The van der Waals surface area contributed by atoms with E-state index >= 15 is 0 Å². The molecule has 1 aromatic carbocycles. The van der Waals surface area contributed by atoms with Crippen molar-refractivity contribution in [3.05, 3.63) is 57.8 Å². The minimum absolute atomic E-state index is 0.223. The number of rotatable bonds is 3. The third-order valence-corrected chi connectivity index (χ3v) is 3.14. The van der Waals surface area contributed by atoms with Gasteiger partial charge >= 0.3 is 0 Å². The number of hydrogen-bond acceptors (Lipinski definition) is 6. The summed E-state index contributed by atoms with van der Waals surface area (Å²) in [6.45, 7) is 0. The monoisotopic (exact) mass is 309 g/mol. The number of benzene rings is 1. The lowest BCUT2D eigenvalue weighted by Crippen LogP contribution is -2.24. The summed E-state index contributed by atoms with van der Waals surface area (Å²) >= 11 is 0. The predicted molar refractivity (Wildman–Crippen MR) is 70.2 cm³/mol. The maximum absolute atomic E-state index is 13.8. The Morgan fingerprint density at radius 3 is 2.82 bits per heavy atom. The molecule has 1 aliphatic rings. The van der Waals surface area contributed by atoms with E-state index in [1.54, 1.807) is 0 Å². The number of fused-ring (bicyclic) bond motifs is 1. The number of non-ortho nitro benzene ring substituents is 1. The number of nitrogens with one attached hydrogen (secondary N) is 1. The summed E-state index contributed by atoms with van der Waals surface area (Å²) in [7, 11) is 0. The minimum atomic E-state index is -1.25. The summed E-state index contributed by atoms with van der Waals surface area (Å²) < 4.78 is 32.4. The average molecular weight is 309 g/mol. The van der Waals surface area contributed by atoms with Crippen LogP contribution < -0.4 is 10.1 Å². The maximum atomic E-state index is 13.8. The average Bonchev–Trinajstić information content (AvgIpc) is 2.76. The highest BCUT2D eigenvalue weighted by Crippen LogP contribution is 2.36. The smallest absolute Gasteiger partial charge is 0.272 e. The van der Waals surface area contributed by atoms with Crippen LogP contribution in [-0.2, 0) is 0 Å². The molecule has 22 heavy (non-hydrogen) atoms. The second kappa shape index (κ2) is 5.19. The first-order chi connectivity index (χ1) is 10.5. The van der Waals surface area contributed by atoms with Crippen molar-refractivity contribution in [3.8, 4) is 5.75 Å². The number of nitro benzene ring substituents is 1. The molecule has 1 aromatic heterocycles. The Hall–Kier alpha value is -2.81. The van der Waals surface area contributed by atoms with Gasteiger partial charge in [0.2, 0.25) is 0 Å². The van der Waals surface area contributed by atoms with E-state index < -0.39 is 34.6 Å². The van der Waals surface area contributed by atoms with Crippen LogP contribution in [0.4, 0.5) is 20.3 Å². The lowest BCUT2D eigenvalue weighted by Gasteiger charge is -2.17. The van der Waals surface area contributed by atoms with E-state index in [1.807, 2.05) is 0 Å². The molecule has 9 heteroatoms. The SMILES string of the molecule is O=[N+]([O-])c1ccc(OC2c3cc(F)cnc3NC2O)c(F)c1. The molecule has 0 radical (unpaired) electrons. The lowest BCUT2D eigenvalue weighted by atomic mass is 10.1. The zero-order chi connectivity index (χ0) is 15.9. The van der Waals surface area contributed by atoms with Gasteiger partial charge in [-0.1, -0.05) is 0 Å². The van der Waals surface area contributed by atoms with Gasteiger partial charge in [0, 0.05) is 11.6 Å². The van der Waals surface area contributed by atoms with Crippen molar-refractivity contribution in [3.63, 3.8) is 0 Å². The summed E-state index contributed by atoms with van der Waals surface area (Å²) in [6, 6.07) is 3.96. The van der Waals surface area contributed by atoms with E-state index in [9.17, 15) is 24.0 Å². The van der Waals surface area contributed by atoms with Gasteiger partial charge in [-0.3, -0.25) is 10.1 Å². The van der Waals surface area contributed by atoms with Crippen LogP contribution in [0.2, 0.25) is 0 Å². The molecule has 0 spiro atoms. The highest BCUT2D eigenvalue weighted by molar-refractivity contribution is 5.52. The zero-order valence-electron chi connectivity index (χ0n) is 10.9. The van der Waals surface area contributed by atoms with E-state index in [2.05, 4.69) is 10.3 Å². The van der Waals surface area contributed by atoms with E-state index in [1.165, 1.54) is 0 Å². The van der Waals surface area contributed by atoms with Crippen LogP contribution in [0.5, 0.6) is 5.75 Å². The van der Waals surface area contributed by atoms with Crippen molar-refractivity contribution < 1.29 is 23.5 Å². The second-order valence-corrected chi connectivity index (χ2v) is 4.59. The van der Waals surface area contributed by atoms with Gasteiger partial charge in [-0.2, -0.15) is 0 Å². The summed E-state index contributed by atoms with van der Waals surface area (Å²) in [6.07, 6.45) is -1.37. The minimum Gasteiger partial charge on any atom is -0.478 e. The molecule has 7 nitrogen and oxygen atoms in total. The fourth-order valence-corrected chi connectivity index (χ4v) is 2.14. The van der Waals surface area contributed by atoms with Gasteiger partial charge in [0.05, 0.1) is 17.2 Å². The molecule has 2 N–H and O–H groups in total. The van der Waals surface area contributed by atoms with Crippen molar-refractivity contribution in [1.29, 1.82) is 0 Å². The molecule has 3 rings (SSSR count). The number of nitro groups is 1. The van der Waals surface area contributed by atoms with E-state index in [0.29, 0.717) is 6.07 Å². The van der Waals surface area contributed by atoms with Gasteiger partial charge in [-0.15, -0.1) is 0 Å². The topological polar surface area (TPSA) is 97.5 Å². The number of hydrogen-bond donors (Lipinski definition) is 2. The molecule has 0 amide bonds. The van der Waals surface area contributed by atoms with Crippen molar-refractivity contribution in [2.75, 3.05) is 5.32 Å². The van der Waals surface area contributed by atoms with Crippen LogP contribution in [0.15, 0.2) is 30.5 Å². The summed E-state index contributed by atoms with van der Waals surface area (Å²) in [5.41, 5.74) is -0.201. The van der Waals surface area contributed by atoms with Crippen LogP contribution in [0, 0.1) is 21.7 Å². The van der Waals surface area contributed by atoms with E-state index in [-0.39, 0.29) is 17.1 Å². The Bertz CT molecular complexity index is 756. The number of anilines is 1. The Kier molecular flexibility index (Phi) is 3.33. The predicted octanol–water partition coefficient (Wildman–Crippen LogP) is 2.13. The molecule has 2 atom stereocenters. The molecule has 2 heterocycles. The van der Waals surface area contributed by atoms with Crippen LogP contribution in [0.3, 0.4) is 0 Å². The van der Waals surface area contributed by atoms with E-state index in [0.717, 1.165) is 24.4 Å². The number of pyridine rings is 1. The first-order valence-electron chi connectivity index (χ1n) is 6.16. The van der Waals surface area contributed by atoms with Crippen LogP contribution in [-0.4, -0.2) is 21.2 Å². The standard InChI is InChI=1S/C13H9F2N3O4/c14-6-3-8-11(13(19)17-12(8)16-5-6)22-10-2-1-7(18(20)21)4-9(10)15/h1-5,11,13,19H,(H,16,17). The number of halogens is 2. The largest absolute Gasteiger partial charge is 0.478 e. The number of nitrogens with zero attached hydrogens (tertiary/aromatic N) is 2. The van der Waals surface area contributed by atoms with Crippen molar-refractivity contribution >= 4 is 11.5 Å². The maximum Gasteiger partial charge on any atom is 0.272 e. The molecule has 2 aromatic rings. The van der Waals surface area contributed by atoms with Crippen LogP contribution in [0.25, 0.3) is 0 Å². The van der Waals surface area contributed by atoms with Crippen LogP contribution >= 0.6 is 0 Å². The van der Waals surface area contributed by atoms with Crippen molar-refractivity contribution in [1.82, 2.24) is 4.98 Å². The number of aromatic nitrogens is 1. The first-order valence-corrected chi connectivity index (χ1v) is 6.16. The first kappa shape index (κ1) is 14.1. The Labute approximate surface area is 122 Å². The quantitative estimate of drug-likeness (QED) is 0.666. The Balaban J connectivity index is 1.91. The molecular formula is C13H9F2N3O4. The third-order valence-electron chi connectivity index (χ3n) is 3.14. The molecule has 0 fully saturated rings. The molecule has 0 saturated heterocycles. The highest BCUT2D eigenvalue weighted by Gasteiger charge is 2.34. The van der Waals surface area contributed by atoms with Crippen molar-refractivity contribution in [2.24, 2.45) is 0 Å². The summed E-state index contributed by atoms with van der Waals surface area (Å²) in [5.74, 6) is -1.67. The van der Waals surface area contributed by atoms with Crippen LogP contribution in [0.1, 0.15) is 11.7 Å². The van der Waals surface area contributed by atoms with Gasteiger partial charge in [-0.25, -0.2) is 13.8 Å². The molecular weight excluding hydrogens is 300 g/mol. The number of ether oxygens (including phenoxy) is 1. The van der Waals surface area contributed by atoms with Crippen molar-refractivity contribution in [2.45, 2.75) is 12.3 Å². The Morgan fingerprint density at radius 1 is 1.36 bits per heavy atom. The Morgan fingerprint density at radius 2 is 2.14 bits per heavy atom. The fourth-order valence-electron chi connectivity index (χ4n) is 2.14. The lowest BCUT2D eigenvalue weighted by molar-refractivity contribution is -0.385. The molecule has 1 aliphatic heterocycles. The van der Waals surface area contributed by atoms with Gasteiger partial charge < -0.3 is 15.2 Å². The van der Waals surface area contributed by atoms with Gasteiger partial charge in [-0.05, 0) is 12.1 Å². The third kappa shape index (κ3) is 2.42. The zero-order valence-corrected chi connectivity index (χ0v) is 10.9. The molecule has 0 bridgehead atoms. The second-order valence-electron chi connectivity index (χ2n) is 4.59.